The molecular weight excluding hydrogens is 310 g/mol. The van der Waals surface area contributed by atoms with E-state index in [-0.39, 0.29) is 23.6 Å². The predicted molar refractivity (Wildman–Crippen MR) is 88.6 cm³/mol. The van der Waals surface area contributed by atoms with Crippen molar-refractivity contribution in [2.45, 2.75) is 52.1 Å². The zero-order chi connectivity index (χ0) is 17.7. The minimum atomic E-state index is -0.684. The van der Waals surface area contributed by atoms with Crippen LogP contribution in [0.25, 0.3) is 0 Å². The molecule has 1 fully saturated rings. The van der Waals surface area contributed by atoms with Crippen LogP contribution < -0.4 is 10.6 Å². The maximum absolute atomic E-state index is 12.6. The molecular formula is C16H27N5O3. The number of hydrogen-bond acceptors (Lipinski definition) is 6. The van der Waals surface area contributed by atoms with Gasteiger partial charge in [-0.15, -0.1) is 5.10 Å². The number of amides is 1. The van der Waals surface area contributed by atoms with Crippen molar-refractivity contribution in [3.63, 3.8) is 0 Å². The third-order valence-corrected chi connectivity index (χ3v) is 4.75. The van der Waals surface area contributed by atoms with Gasteiger partial charge in [0.1, 0.15) is 6.04 Å². The first-order valence-electron chi connectivity index (χ1n) is 8.50. The number of hydrogen-bond donors (Lipinski definition) is 2. The van der Waals surface area contributed by atoms with Gasteiger partial charge in [0.2, 0.25) is 0 Å². The summed E-state index contributed by atoms with van der Waals surface area (Å²) in [5.74, 6) is -0.856. The predicted octanol–water partition coefficient (Wildman–Crippen LogP) is 0.829. The number of rotatable bonds is 6. The molecule has 1 amide bonds. The molecule has 1 aliphatic rings. The SMILES string of the molecule is CC[C@H](C)[C@H](NC(=O)c1nnn(C2CCNCC2)c1C)C(=O)OC. The molecule has 2 N–H and O–H groups in total. The number of esters is 1. The van der Waals surface area contributed by atoms with E-state index in [0.29, 0.717) is 0 Å². The lowest BCUT2D eigenvalue weighted by molar-refractivity contribution is -0.144. The first-order chi connectivity index (χ1) is 11.5. The standard InChI is InChI=1S/C16H27N5O3/c1-5-10(2)13(16(23)24-4)18-15(22)14-11(3)21(20-19-14)12-6-8-17-9-7-12/h10,12-13,17H,5-9H2,1-4H3,(H,18,22)/t10-,13-/m0/s1. The third kappa shape index (κ3) is 3.92. The van der Waals surface area contributed by atoms with Crippen LogP contribution in [0, 0.1) is 12.8 Å². The van der Waals surface area contributed by atoms with Crippen molar-refractivity contribution in [2.75, 3.05) is 20.2 Å². The van der Waals surface area contributed by atoms with Crippen LogP contribution in [0.5, 0.6) is 0 Å². The van der Waals surface area contributed by atoms with E-state index < -0.39 is 12.0 Å². The lowest BCUT2D eigenvalue weighted by atomic mass is 9.99. The largest absolute Gasteiger partial charge is 0.467 e. The van der Waals surface area contributed by atoms with Crippen molar-refractivity contribution in [1.29, 1.82) is 0 Å². The second kappa shape index (κ2) is 8.23. The van der Waals surface area contributed by atoms with Gasteiger partial charge in [-0.05, 0) is 38.8 Å². The maximum atomic E-state index is 12.6. The van der Waals surface area contributed by atoms with Crippen molar-refractivity contribution in [3.8, 4) is 0 Å². The molecule has 1 saturated heterocycles. The van der Waals surface area contributed by atoms with Crippen LogP contribution >= 0.6 is 0 Å². The molecule has 134 valence electrons. The van der Waals surface area contributed by atoms with Gasteiger partial charge in [-0.25, -0.2) is 9.48 Å². The monoisotopic (exact) mass is 337 g/mol. The number of carbonyl (C=O) groups excluding carboxylic acids is 2. The Labute approximate surface area is 142 Å². The molecule has 24 heavy (non-hydrogen) atoms. The Bertz CT molecular complexity index is 580. The average Bonchev–Trinajstić information content (AvgIpc) is 3.00. The molecule has 1 aromatic heterocycles. The molecule has 0 spiro atoms. The second-order valence-electron chi connectivity index (χ2n) is 6.31. The van der Waals surface area contributed by atoms with Crippen LogP contribution in [0.15, 0.2) is 0 Å². The average molecular weight is 337 g/mol. The summed E-state index contributed by atoms with van der Waals surface area (Å²) in [6, 6.07) is -0.429. The molecule has 0 bridgehead atoms. The van der Waals surface area contributed by atoms with Crippen molar-refractivity contribution < 1.29 is 14.3 Å². The highest BCUT2D eigenvalue weighted by Gasteiger charge is 2.29. The number of nitrogens with one attached hydrogen (secondary N) is 2. The highest BCUT2D eigenvalue weighted by molar-refractivity contribution is 5.96. The van der Waals surface area contributed by atoms with E-state index in [4.69, 9.17) is 4.74 Å². The van der Waals surface area contributed by atoms with Gasteiger partial charge in [-0.2, -0.15) is 0 Å². The smallest absolute Gasteiger partial charge is 0.328 e. The van der Waals surface area contributed by atoms with Gasteiger partial charge in [0.15, 0.2) is 5.69 Å². The number of methoxy groups -OCH3 is 1. The molecule has 8 heteroatoms. The number of aromatic nitrogens is 3. The molecule has 0 aromatic carbocycles. The first kappa shape index (κ1) is 18.4. The fraction of sp³-hybridized carbons (Fsp3) is 0.750. The number of carbonyl (C=O) groups is 2. The summed E-state index contributed by atoms with van der Waals surface area (Å²) in [6.45, 7) is 7.58. The highest BCUT2D eigenvalue weighted by atomic mass is 16.5. The lowest BCUT2D eigenvalue weighted by Crippen LogP contribution is -2.46. The van der Waals surface area contributed by atoms with Crippen LogP contribution in [-0.2, 0) is 9.53 Å². The first-order valence-corrected chi connectivity index (χ1v) is 8.50. The topological polar surface area (TPSA) is 98.1 Å². The van der Waals surface area contributed by atoms with Crippen LogP contribution in [0.4, 0.5) is 0 Å². The summed E-state index contributed by atoms with van der Waals surface area (Å²) in [4.78, 5) is 24.5. The normalized spacial score (nSPS) is 18.0. The molecule has 1 aliphatic heterocycles. The Morgan fingerprint density at radius 2 is 2.08 bits per heavy atom. The molecule has 1 aromatic rings. The Kier molecular flexibility index (Phi) is 6.30. The van der Waals surface area contributed by atoms with Gasteiger partial charge in [0.25, 0.3) is 5.91 Å². The zero-order valence-corrected chi connectivity index (χ0v) is 14.8. The van der Waals surface area contributed by atoms with Crippen LogP contribution in [0.3, 0.4) is 0 Å². The van der Waals surface area contributed by atoms with Gasteiger partial charge in [0, 0.05) is 0 Å². The quantitative estimate of drug-likeness (QED) is 0.746. The number of piperidine rings is 1. The van der Waals surface area contributed by atoms with Gasteiger partial charge >= 0.3 is 5.97 Å². The summed E-state index contributed by atoms with van der Waals surface area (Å²) >= 11 is 0. The van der Waals surface area contributed by atoms with Gasteiger partial charge in [0.05, 0.1) is 18.8 Å². The molecule has 2 atom stereocenters. The molecule has 2 rings (SSSR count). The third-order valence-electron chi connectivity index (χ3n) is 4.75. The molecule has 2 heterocycles. The Balaban J connectivity index is 2.14. The zero-order valence-electron chi connectivity index (χ0n) is 14.8. The van der Waals surface area contributed by atoms with Crippen LogP contribution in [0.1, 0.15) is 55.3 Å². The maximum Gasteiger partial charge on any atom is 0.328 e. The molecule has 8 nitrogen and oxygen atoms in total. The fourth-order valence-electron chi connectivity index (χ4n) is 2.95. The van der Waals surface area contributed by atoms with E-state index in [1.54, 1.807) is 0 Å². The van der Waals surface area contributed by atoms with Crippen molar-refractivity contribution in [2.24, 2.45) is 5.92 Å². The Morgan fingerprint density at radius 1 is 1.42 bits per heavy atom. The van der Waals surface area contributed by atoms with E-state index >= 15 is 0 Å². The summed E-state index contributed by atoms with van der Waals surface area (Å²) in [5, 5.41) is 14.3. The minimum absolute atomic E-state index is 0.0267. The van der Waals surface area contributed by atoms with E-state index in [9.17, 15) is 9.59 Å². The van der Waals surface area contributed by atoms with Gasteiger partial charge in [-0.1, -0.05) is 25.5 Å². The van der Waals surface area contributed by atoms with Gasteiger partial charge < -0.3 is 15.4 Å². The van der Waals surface area contributed by atoms with Crippen molar-refractivity contribution in [1.82, 2.24) is 25.6 Å². The number of ether oxygens (including phenoxy) is 1. The fourth-order valence-corrected chi connectivity index (χ4v) is 2.95. The minimum Gasteiger partial charge on any atom is -0.467 e. The van der Waals surface area contributed by atoms with E-state index in [2.05, 4.69) is 20.9 Å². The summed E-state index contributed by atoms with van der Waals surface area (Å²) < 4.78 is 6.63. The summed E-state index contributed by atoms with van der Waals surface area (Å²) in [7, 11) is 1.32. The van der Waals surface area contributed by atoms with E-state index in [0.717, 1.165) is 38.0 Å². The van der Waals surface area contributed by atoms with Crippen LogP contribution in [-0.4, -0.2) is 53.1 Å². The summed E-state index contributed by atoms with van der Waals surface area (Å²) in [6.07, 6.45) is 2.67. The highest BCUT2D eigenvalue weighted by Crippen LogP contribution is 2.20. The van der Waals surface area contributed by atoms with E-state index in [1.807, 2.05) is 25.5 Å². The van der Waals surface area contributed by atoms with E-state index in [1.165, 1.54) is 7.11 Å². The Morgan fingerprint density at radius 3 is 2.67 bits per heavy atom. The number of nitrogens with zero attached hydrogens (tertiary/aromatic N) is 3. The lowest BCUT2D eigenvalue weighted by Gasteiger charge is -2.23. The Hall–Kier alpha value is -1.96. The van der Waals surface area contributed by atoms with Gasteiger partial charge in [-0.3, -0.25) is 4.79 Å². The van der Waals surface area contributed by atoms with Crippen molar-refractivity contribution in [3.05, 3.63) is 11.4 Å². The molecule has 0 radical (unpaired) electrons. The second-order valence-corrected chi connectivity index (χ2v) is 6.31. The molecule has 0 saturated carbocycles. The summed E-state index contributed by atoms with van der Waals surface area (Å²) in [5.41, 5.74) is 0.998. The molecule has 0 unspecified atom stereocenters. The van der Waals surface area contributed by atoms with Crippen molar-refractivity contribution >= 4 is 11.9 Å². The van der Waals surface area contributed by atoms with Crippen LogP contribution in [0.2, 0.25) is 0 Å². The molecule has 0 aliphatic carbocycles.